The molecule has 22 heavy (non-hydrogen) atoms. The molecule has 1 amide bonds. The van der Waals surface area contributed by atoms with Gasteiger partial charge in [0.2, 0.25) is 0 Å². The van der Waals surface area contributed by atoms with Crippen LogP contribution in [0.25, 0.3) is 0 Å². The second-order valence-electron chi connectivity index (χ2n) is 6.17. The summed E-state index contributed by atoms with van der Waals surface area (Å²) in [6, 6.07) is 4.25. The summed E-state index contributed by atoms with van der Waals surface area (Å²) in [6.07, 6.45) is 4.42. The predicted molar refractivity (Wildman–Crippen MR) is 88.3 cm³/mol. The van der Waals surface area contributed by atoms with Crippen LogP contribution >= 0.6 is 24.0 Å². The molecule has 2 saturated heterocycles. The maximum absolute atomic E-state index is 13.9. The number of piperidine rings is 2. The number of amides is 1. The molecular weight excluding hydrogens is 326 g/mol. The Bertz CT molecular complexity index is 537. The number of nitrogens with zero attached hydrogens (tertiary/aromatic N) is 1. The van der Waals surface area contributed by atoms with Crippen LogP contribution in [-0.2, 0) is 0 Å². The Labute approximate surface area is 141 Å². The van der Waals surface area contributed by atoms with Crippen molar-refractivity contribution in [3.63, 3.8) is 0 Å². The Hall–Kier alpha value is -0.840. The Morgan fingerprint density at radius 1 is 1.18 bits per heavy atom. The number of hydrogen-bond acceptors (Lipinski definition) is 2. The number of hydrogen-bond donors (Lipinski definition) is 1. The number of benzene rings is 1. The van der Waals surface area contributed by atoms with E-state index in [1.807, 2.05) is 0 Å². The molecule has 2 aliphatic heterocycles. The second-order valence-corrected chi connectivity index (χ2v) is 6.60. The number of carbonyl (C=O) groups is 1. The Kier molecular flexibility index (Phi) is 5.70. The van der Waals surface area contributed by atoms with Gasteiger partial charge in [0.25, 0.3) is 5.91 Å². The van der Waals surface area contributed by atoms with E-state index in [4.69, 9.17) is 11.6 Å². The molecule has 122 valence electrons. The third-order valence-corrected chi connectivity index (χ3v) is 5.17. The fourth-order valence-corrected chi connectivity index (χ4v) is 3.63. The maximum Gasteiger partial charge on any atom is 0.256 e. The fraction of sp³-hybridized carbons (Fsp3) is 0.562. The van der Waals surface area contributed by atoms with E-state index in [1.165, 1.54) is 25.0 Å². The molecule has 2 heterocycles. The lowest BCUT2D eigenvalue weighted by Gasteiger charge is -2.44. The van der Waals surface area contributed by atoms with Crippen LogP contribution in [0.5, 0.6) is 0 Å². The molecule has 0 bridgehead atoms. The van der Waals surface area contributed by atoms with Crippen LogP contribution < -0.4 is 5.32 Å². The van der Waals surface area contributed by atoms with Gasteiger partial charge >= 0.3 is 0 Å². The predicted octanol–water partition coefficient (Wildman–Crippen LogP) is 3.51. The van der Waals surface area contributed by atoms with Gasteiger partial charge in [0.15, 0.2) is 0 Å². The molecule has 0 atom stereocenters. The first kappa shape index (κ1) is 17.5. The highest BCUT2D eigenvalue weighted by Gasteiger charge is 2.37. The van der Waals surface area contributed by atoms with E-state index in [0.717, 1.165) is 39.0 Å². The van der Waals surface area contributed by atoms with Gasteiger partial charge in [-0.2, -0.15) is 0 Å². The average molecular weight is 347 g/mol. The standard InChI is InChI=1S/C16H20ClFN2O.ClH/c17-12-1-2-13(14(18)11-12)15(21)20-9-5-16(6-10-20)3-7-19-8-4-16;/h1-2,11,19H,3-10H2;1H. The number of rotatable bonds is 1. The quantitative estimate of drug-likeness (QED) is 0.843. The molecule has 0 unspecified atom stereocenters. The summed E-state index contributed by atoms with van der Waals surface area (Å²) in [4.78, 5) is 14.2. The lowest BCUT2D eigenvalue weighted by atomic mass is 9.71. The van der Waals surface area contributed by atoms with Crippen molar-refractivity contribution in [3.8, 4) is 0 Å². The molecular formula is C16H21Cl2FN2O. The van der Waals surface area contributed by atoms with Gasteiger partial charge in [-0.1, -0.05) is 11.6 Å². The van der Waals surface area contributed by atoms with E-state index in [9.17, 15) is 9.18 Å². The van der Waals surface area contributed by atoms with Gasteiger partial charge in [0, 0.05) is 18.1 Å². The lowest BCUT2D eigenvalue weighted by Crippen LogP contribution is -2.47. The third-order valence-electron chi connectivity index (χ3n) is 4.94. The molecule has 3 rings (SSSR count). The highest BCUT2D eigenvalue weighted by Crippen LogP contribution is 2.39. The van der Waals surface area contributed by atoms with Crippen molar-refractivity contribution in [2.45, 2.75) is 25.7 Å². The molecule has 1 spiro atoms. The van der Waals surface area contributed by atoms with Gasteiger partial charge in [-0.3, -0.25) is 4.79 Å². The van der Waals surface area contributed by atoms with Crippen LogP contribution in [0.2, 0.25) is 5.02 Å². The Morgan fingerprint density at radius 3 is 2.41 bits per heavy atom. The maximum atomic E-state index is 13.9. The molecule has 0 radical (unpaired) electrons. The van der Waals surface area contributed by atoms with Crippen molar-refractivity contribution in [1.82, 2.24) is 10.2 Å². The zero-order valence-corrected chi connectivity index (χ0v) is 14.0. The topological polar surface area (TPSA) is 32.3 Å². The van der Waals surface area contributed by atoms with E-state index in [0.29, 0.717) is 10.4 Å². The molecule has 0 saturated carbocycles. The molecule has 3 nitrogen and oxygen atoms in total. The number of carbonyl (C=O) groups excluding carboxylic acids is 1. The first-order chi connectivity index (χ1) is 10.1. The van der Waals surface area contributed by atoms with Crippen molar-refractivity contribution in [2.75, 3.05) is 26.2 Å². The summed E-state index contributed by atoms with van der Waals surface area (Å²) in [6.45, 7) is 3.58. The minimum atomic E-state index is -0.533. The van der Waals surface area contributed by atoms with Gasteiger partial charge in [-0.25, -0.2) is 4.39 Å². The van der Waals surface area contributed by atoms with E-state index >= 15 is 0 Å². The van der Waals surface area contributed by atoms with Crippen LogP contribution in [0, 0.1) is 11.2 Å². The van der Waals surface area contributed by atoms with Crippen LogP contribution in [0.3, 0.4) is 0 Å². The first-order valence-electron chi connectivity index (χ1n) is 7.55. The lowest BCUT2D eigenvalue weighted by molar-refractivity contribution is 0.0492. The molecule has 0 aliphatic carbocycles. The largest absolute Gasteiger partial charge is 0.339 e. The number of halogens is 3. The molecule has 2 aliphatic rings. The van der Waals surface area contributed by atoms with Gasteiger partial charge in [0.1, 0.15) is 5.82 Å². The van der Waals surface area contributed by atoms with Gasteiger partial charge in [0.05, 0.1) is 5.56 Å². The van der Waals surface area contributed by atoms with Crippen molar-refractivity contribution < 1.29 is 9.18 Å². The smallest absolute Gasteiger partial charge is 0.256 e. The van der Waals surface area contributed by atoms with E-state index < -0.39 is 5.82 Å². The number of nitrogens with one attached hydrogen (secondary N) is 1. The van der Waals surface area contributed by atoms with Crippen LogP contribution in [0.15, 0.2) is 18.2 Å². The summed E-state index contributed by atoms with van der Waals surface area (Å²) in [7, 11) is 0. The van der Waals surface area contributed by atoms with Gasteiger partial charge < -0.3 is 10.2 Å². The third kappa shape index (κ3) is 3.55. The summed E-state index contributed by atoms with van der Waals surface area (Å²) in [5, 5.41) is 3.70. The van der Waals surface area contributed by atoms with Gasteiger partial charge in [-0.05, 0) is 62.4 Å². The normalized spacial score (nSPS) is 20.5. The molecule has 1 N–H and O–H groups in total. The molecule has 1 aromatic carbocycles. The summed E-state index contributed by atoms with van der Waals surface area (Å²) in [5.74, 6) is -0.748. The molecule has 1 aromatic rings. The minimum Gasteiger partial charge on any atom is -0.339 e. The highest BCUT2D eigenvalue weighted by atomic mass is 35.5. The van der Waals surface area contributed by atoms with Gasteiger partial charge in [-0.15, -0.1) is 12.4 Å². The Balaban J connectivity index is 0.00000176. The summed E-state index contributed by atoms with van der Waals surface area (Å²) in [5.41, 5.74) is 0.515. The van der Waals surface area contributed by atoms with Crippen molar-refractivity contribution >= 4 is 29.9 Å². The van der Waals surface area contributed by atoms with Crippen LogP contribution in [-0.4, -0.2) is 37.0 Å². The Morgan fingerprint density at radius 2 is 1.82 bits per heavy atom. The molecule has 2 fully saturated rings. The average Bonchev–Trinajstić information content (AvgIpc) is 2.48. The molecule has 0 aromatic heterocycles. The minimum absolute atomic E-state index is 0. The van der Waals surface area contributed by atoms with E-state index in [-0.39, 0.29) is 23.9 Å². The highest BCUT2D eigenvalue weighted by molar-refractivity contribution is 6.30. The number of likely N-dealkylation sites (tertiary alicyclic amines) is 1. The van der Waals surface area contributed by atoms with Crippen molar-refractivity contribution in [1.29, 1.82) is 0 Å². The summed E-state index contributed by atoms with van der Waals surface area (Å²) >= 11 is 5.73. The SMILES string of the molecule is Cl.O=C(c1ccc(Cl)cc1F)N1CCC2(CCNCC2)CC1. The van der Waals surface area contributed by atoms with Crippen LogP contribution in [0.1, 0.15) is 36.0 Å². The van der Waals surface area contributed by atoms with Crippen LogP contribution in [0.4, 0.5) is 4.39 Å². The van der Waals surface area contributed by atoms with E-state index in [1.54, 1.807) is 11.0 Å². The monoisotopic (exact) mass is 346 g/mol. The van der Waals surface area contributed by atoms with E-state index in [2.05, 4.69) is 5.32 Å². The second kappa shape index (κ2) is 7.16. The zero-order valence-electron chi connectivity index (χ0n) is 12.4. The van der Waals surface area contributed by atoms with Crippen molar-refractivity contribution in [3.05, 3.63) is 34.6 Å². The first-order valence-corrected chi connectivity index (χ1v) is 7.93. The zero-order chi connectivity index (χ0) is 14.9. The van der Waals surface area contributed by atoms with Crippen molar-refractivity contribution in [2.24, 2.45) is 5.41 Å². The molecule has 6 heteroatoms. The fourth-order valence-electron chi connectivity index (χ4n) is 3.47. The summed E-state index contributed by atoms with van der Waals surface area (Å²) < 4.78 is 13.9.